The number of oxazole rings is 1. The second-order valence-electron chi connectivity index (χ2n) is 7.86. The van der Waals surface area contributed by atoms with Gasteiger partial charge in [-0.15, -0.1) is 0 Å². The Balaban J connectivity index is 1.41. The molecule has 4 rings (SSSR count). The second kappa shape index (κ2) is 9.49. The molecule has 30 heavy (non-hydrogen) atoms. The third kappa shape index (κ3) is 4.94. The van der Waals surface area contributed by atoms with Crippen molar-refractivity contribution in [2.75, 3.05) is 32.2 Å². The first-order chi connectivity index (χ1) is 14.6. The van der Waals surface area contributed by atoms with Crippen molar-refractivity contribution in [3.8, 4) is 17.2 Å². The summed E-state index contributed by atoms with van der Waals surface area (Å²) < 4.78 is 23.7. The molecule has 0 amide bonds. The molecule has 2 atom stereocenters. The molecule has 2 aromatic carbocycles. The number of benzene rings is 2. The Hall–Kier alpha value is -2.57. The molecule has 0 radical (unpaired) electrons. The predicted octanol–water partition coefficient (Wildman–Crippen LogP) is 5.26. The Morgan fingerprint density at radius 2 is 1.97 bits per heavy atom. The van der Waals surface area contributed by atoms with Gasteiger partial charge >= 0.3 is 0 Å². The van der Waals surface area contributed by atoms with Crippen LogP contribution in [0, 0.1) is 0 Å². The fraction of sp³-hybridized carbons (Fsp3) is 0.458. The van der Waals surface area contributed by atoms with Crippen LogP contribution in [0.1, 0.15) is 32.6 Å². The largest absolute Gasteiger partial charge is 0.491 e. The minimum Gasteiger partial charge on any atom is -0.491 e. The summed E-state index contributed by atoms with van der Waals surface area (Å²) in [6.45, 7) is 3.37. The standard InChI is InChI=1S/C24H30N2O4/c1-4-19(29-23-7-5-6-14-27-23)16-28-20-12-13-22-21(15-20)25-24(30-22)17-8-10-18(11-9-17)26(2)3/h8-13,15,19,23H,4-7,14,16H2,1-3H3/t19-,23?/m0/s1. The Morgan fingerprint density at radius 3 is 2.67 bits per heavy atom. The number of nitrogens with zero attached hydrogens (tertiary/aromatic N) is 2. The summed E-state index contributed by atoms with van der Waals surface area (Å²) in [7, 11) is 4.04. The first-order valence-corrected chi connectivity index (χ1v) is 10.7. The van der Waals surface area contributed by atoms with Crippen molar-refractivity contribution < 1.29 is 18.6 Å². The van der Waals surface area contributed by atoms with Crippen LogP contribution < -0.4 is 9.64 Å². The lowest BCUT2D eigenvalue weighted by Gasteiger charge is -2.27. The molecule has 6 nitrogen and oxygen atoms in total. The minimum absolute atomic E-state index is 0.00637. The normalized spacial score (nSPS) is 17.8. The van der Waals surface area contributed by atoms with Crippen LogP contribution in [-0.4, -0.2) is 44.7 Å². The maximum atomic E-state index is 6.05. The van der Waals surface area contributed by atoms with E-state index < -0.39 is 0 Å². The highest BCUT2D eigenvalue weighted by atomic mass is 16.7. The van der Waals surface area contributed by atoms with E-state index in [1.807, 2.05) is 44.4 Å². The molecule has 0 spiro atoms. The summed E-state index contributed by atoms with van der Waals surface area (Å²) in [6, 6.07) is 13.9. The van der Waals surface area contributed by atoms with Crippen molar-refractivity contribution in [2.24, 2.45) is 0 Å². The first-order valence-electron chi connectivity index (χ1n) is 10.7. The first kappa shape index (κ1) is 20.7. The van der Waals surface area contributed by atoms with Gasteiger partial charge in [0, 0.05) is 38.0 Å². The molecule has 6 heteroatoms. The van der Waals surface area contributed by atoms with E-state index >= 15 is 0 Å². The summed E-state index contributed by atoms with van der Waals surface area (Å²) in [4.78, 5) is 6.71. The average molecular weight is 411 g/mol. The van der Waals surface area contributed by atoms with Crippen LogP contribution >= 0.6 is 0 Å². The van der Waals surface area contributed by atoms with Crippen LogP contribution in [0.4, 0.5) is 5.69 Å². The van der Waals surface area contributed by atoms with Gasteiger partial charge in [-0.1, -0.05) is 6.92 Å². The highest BCUT2D eigenvalue weighted by Gasteiger charge is 2.19. The SMILES string of the molecule is CC[C@@H](COc1ccc2oc(-c3ccc(N(C)C)cc3)nc2c1)OC1CCCCO1. The predicted molar refractivity (Wildman–Crippen MR) is 118 cm³/mol. The van der Waals surface area contributed by atoms with E-state index in [-0.39, 0.29) is 12.4 Å². The quantitative estimate of drug-likeness (QED) is 0.505. The van der Waals surface area contributed by atoms with E-state index in [0.717, 1.165) is 60.4 Å². The zero-order valence-electron chi connectivity index (χ0n) is 18.0. The molecule has 0 N–H and O–H groups in total. The number of hydrogen-bond donors (Lipinski definition) is 0. The van der Waals surface area contributed by atoms with E-state index in [2.05, 4.69) is 28.9 Å². The average Bonchev–Trinajstić information content (AvgIpc) is 3.21. The van der Waals surface area contributed by atoms with Gasteiger partial charge in [0.05, 0.1) is 6.10 Å². The fourth-order valence-corrected chi connectivity index (χ4v) is 3.50. The maximum absolute atomic E-state index is 6.05. The Bertz CT molecular complexity index is 945. The van der Waals surface area contributed by atoms with Gasteiger partial charge in [-0.3, -0.25) is 0 Å². The topological polar surface area (TPSA) is 57.0 Å². The highest BCUT2D eigenvalue weighted by Crippen LogP contribution is 2.28. The van der Waals surface area contributed by atoms with E-state index in [1.54, 1.807) is 0 Å². The smallest absolute Gasteiger partial charge is 0.227 e. The minimum atomic E-state index is -0.105. The van der Waals surface area contributed by atoms with Crippen LogP contribution in [0.5, 0.6) is 5.75 Å². The summed E-state index contributed by atoms with van der Waals surface area (Å²) in [5.74, 6) is 1.37. The highest BCUT2D eigenvalue weighted by molar-refractivity contribution is 5.78. The molecule has 1 saturated heterocycles. The number of aromatic nitrogens is 1. The Labute approximate surface area is 177 Å². The van der Waals surface area contributed by atoms with E-state index in [1.165, 1.54) is 0 Å². The van der Waals surface area contributed by atoms with Crippen molar-refractivity contribution in [2.45, 2.75) is 45.0 Å². The molecule has 2 heterocycles. The van der Waals surface area contributed by atoms with Gasteiger partial charge in [0.1, 0.15) is 17.9 Å². The summed E-state index contributed by atoms with van der Waals surface area (Å²) in [5, 5.41) is 0. The van der Waals surface area contributed by atoms with Crippen molar-refractivity contribution >= 4 is 16.8 Å². The van der Waals surface area contributed by atoms with Crippen LogP contribution in [0.3, 0.4) is 0 Å². The lowest BCUT2D eigenvalue weighted by atomic mass is 10.2. The zero-order chi connectivity index (χ0) is 20.9. The van der Waals surface area contributed by atoms with Crippen LogP contribution in [0.15, 0.2) is 46.9 Å². The number of ether oxygens (including phenoxy) is 3. The molecule has 160 valence electrons. The Kier molecular flexibility index (Phi) is 6.55. The molecule has 1 aliphatic heterocycles. The van der Waals surface area contributed by atoms with Gasteiger partial charge in [-0.2, -0.15) is 0 Å². The number of fused-ring (bicyclic) bond motifs is 1. The molecule has 0 aliphatic carbocycles. The van der Waals surface area contributed by atoms with Crippen LogP contribution in [0.2, 0.25) is 0 Å². The third-order valence-electron chi connectivity index (χ3n) is 5.36. The molecule has 0 saturated carbocycles. The van der Waals surface area contributed by atoms with Gasteiger partial charge in [-0.25, -0.2) is 4.98 Å². The molecule has 3 aromatic rings. The number of hydrogen-bond acceptors (Lipinski definition) is 6. The number of rotatable bonds is 8. The van der Waals surface area contributed by atoms with E-state index in [4.69, 9.17) is 18.6 Å². The molecule has 1 aromatic heterocycles. The molecule has 1 aliphatic rings. The summed E-state index contributed by atoms with van der Waals surface area (Å²) >= 11 is 0. The van der Waals surface area contributed by atoms with E-state index in [0.29, 0.717) is 12.5 Å². The van der Waals surface area contributed by atoms with Crippen molar-refractivity contribution in [1.82, 2.24) is 4.98 Å². The number of anilines is 1. The van der Waals surface area contributed by atoms with Gasteiger partial charge in [-0.05, 0) is 62.1 Å². The van der Waals surface area contributed by atoms with Gasteiger partial charge < -0.3 is 23.5 Å². The van der Waals surface area contributed by atoms with Gasteiger partial charge in [0.25, 0.3) is 0 Å². The van der Waals surface area contributed by atoms with Crippen LogP contribution in [-0.2, 0) is 9.47 Å². The van der Waals surface area contributed by atoms with Gasteiger partial charge in [0.15, 0.2) is 11.9 Å². The van der Waals surface area contributed by atoms with Crippen molar-refractivity contribution in [1.29, 1.82) is 0 Å². The fourth-order valence-electron chi connectivity index (χ4n) is 3.50. The van der Waals surface area contributed by atoms with Crippen molar-refractivity contribution in [3.63, 3.8) is 0 Å². The molecular formula is C24H30N2O4. The lowest BCUT2D eigenvalue weighted by molar-refractivity contribution is -0.193. The molecule has 0 bridgehead atoms. The summed E-state index contributed by atoms with van der Waals surface area (Å²) in [6.07, 6.45) is 4.01. The summed E-state index contributed by atoms with van der Waals surface area (Å²) in [5.41, 5.74) is 3.61. The molecular weight excluding hydrogens is 380 g/mol. The monoisotopic (exact) mass is 410 g/mol. The van der Waals surface area contributed by atoms with Crippen LogP contribution in [0.25, 0.3) is 22.6 Å². The molecule has 1 fully saturated rings. The van der Waals surface area contributed by atoms with Gasteiger partial charge in [0.2, 0.25) is 5.89 Å². The zero-order valence-corrected chi connectivity index (χ0v) is 18.0. The third-order valence-corrected chi connectivity index (χ3v) is 5.36. The Morgan fingerprint density at radius 1 is 1.13 bits per heavy atom. The molecule has 1 unspecified atom stereocenters. The van der Waals surface area contributed by atoms with Crippen molar-refractivity contribution in [3.05, 3.63) is 42.5 Å². The maximum Gasteiger partial charge on any atom is 0.227 e. The van der Waals surface area contributed by atoms with E-state index in [9.17, 15) is 0 Å². The second-order valence-corrected chi connectivity index (χ2v) is 7.86. The lowest BCUT2D eigenvalue weighted by Crippen LogP contribution is -2.31.